The number of nitrogens with zero attached hydrogens (tertiary/aromatic N) is 1. The second kappa shape index (κ2) is 6.69. The van der Waals surface area contributed by atoms with E-state index in [-0.39, 0.29) is 5.69 Å². The minimum Gasteiger partial charge on any atom is -0.377 e. The van der Waals surface area contributed by atoms with Crippen LogP contribution >= 0.6 is 0 Å². The zero-order valence-corrected chi connectivity index (χ0v) is 13.7. The van der Waals surface area contributed by atoms with E-state index in [0.29, 0.717) is 36.3 Å². The first-order chi connectivity index (χ1) is 11.7. The van der Waals surface area contributed by atoms with Crippen molar-refractivity contribution in [2.45, 2.75) is 32.0 Å². The van der Waals surface area contributed by atoms with Gasteiger partial charge in [-0.3, -0.25) is 4.79 Å². The molecule has 0 aromatic heterocycles. The molecule has 0 radical (unpaired) electrons. The van der Waals surface area contributed by atoms with E-state index in [1.165, 1.54) is 12.1 Å². The molecule has 2 aromatic rings. The van der Waals surface area contributed by atoms with Crippen LogP contribution in [0.2, 0.25) is 0 Å². The van der Waals surface area contributed by atoms with E-state index < -0.39 is 17.3 Å². The van der Waals surface area contributed by atoms with E-state index in [4.69, 9.17) is 6.57 Å². The smallest absolute Gasteiger partial charge is 0.377 e. The summed E-state index contributed by atoms with van der Waals surface area (Å²) in [7, 11) is 0. The molecule has 0 amide bonds. The van der Waals surface area contributed by atoms with Gasteiger partial charge < -0.3 is 5.11 Å². The Kier molecular flexibility index (Phi) is 5.00. The Morgan fingerprint density at radius 2 is 1.80 bits per heavy atom. The first-order valence-corrected chi connectivity index (χ1v) is 7.55. The first-order valence-electron chi connectivity index (χ1n) is 7.55. The molecule has 0 bridgehead atoms. The van der Waals surface area contributed by atoms with Crippen molar-refractivity contribution in [3.05, 3.63) is 64.5 Å². The molecule has 25 heavy (non-hydrogen) atoms. The van der Waals surface area contributed by atoms with Gasteiger partial charge in [-0.05, 0) is 47.7 Å². The van der Waals surface area contributed by atoms with Gasteiger partial charge in [-0.25, -0.2) is 4.85 Å². The molecule has 6 heteroatoms. The number of carbonyl (C=O) groups is 1. The number of hydrogen-bond acceptors (Lipinski definition) is 2. The van der Waals surface area contributed by atoms with Gasteiger partial charge in [0.1, 0.15) is 6.29 Å². The number of hydrogen-bond donors (Lipinski definition) is 1. The third-order valence-corrected chi connectivity index (χ3v) is 4.17. The molecule has 0 spiro atoms. The second-order valence-corrected chi connectivity index (χ2v) is 5.80. The fraction of sp³-hybridized carbons (Fsp3) is 0.263. The van der Waals surface area contributed by atoms with E-state index in [0.717, 1.165) is 11.6 Å². The van der Waals surface area contributed by atoms with Crippen molar-refractivity contribution >= 4 is 12.0 Å². The topological polar surface area (TPSA) is 41.7 Å². The van der Waals surface area contributed by atoms with Gasteiger partial charge in [0.2, 0.25) is 0 Å². The Morgan fingerprint density at radius 1 is 1.16 bits per heavy atom. The Labute approximate surface area is 143 Å². The normalized spacial score (nSPS) is 13.8. The molecule has 0 fully saturated rings. The summed E-state index contributed by atoms with van der Waals surface area (Å²) in [6, 6.07) is 8.59. The highest BCUT2D eigenvalue weighted by Crippen LogP contribution is 2.42. The predicted octanol–water partition coefficient (Wildman–Crippen LogP) is 5.05. The Morgan fingerprint density at radius 3 is 2.32 bits per heavy atom. The molecule has 2 rings (SSSR count). The van der Waals surface area contributed by atoms with Crippen molar-refractivity contribution < 1.29 is 23.1 Å². The Bertz CT molecular complexity index is 849. The number of aryl methyl sites for hydroxylation is 1. The quantitative estimate of drug-likeness (QED) is 0.621. The van der Waals surface area contributed by atoms with Crippen molar-refractivity contribution in [1.82, 2.24) is 0 Å². The van der Waals surface area contributed by atoms with Crippen LogP contribution in [0.25, 0.3) is 16.0 Å². The van der Waals surface area contributed by atoms with Crippen molar-refractivity contribution in [3.63, 3.8) is 0 Å². The van der Waals surface area contributed by atoms with Crippen LogP contribution in [0.1, 0.15) is 35.3 Å². The minimum atomic E-state index is -4.85. The molecule has 130 valence electrons. The van der Waals surface area contributed by atoms with Crippen LogP contribution in [-0.4, -0.2) is 17.6 Å². The van der Waals surface area contributed by atoms with Gasteiger partial charge >= 0.3 is 6.18 Å². The van der Waals surface area contributed by atoms with E-state index in [2.05, 4.69) is 4.85 Å². The van der Waals surface area contributed by atoms with Crippen LogP contribution in [0.4, 0.5) is 18.9 Å². The third kappa shape index (κ3) is 3.42. The maximum Gasteiger partial charge on any atom is 0.421 e. The fourth-order valence-corrected chi connectivity index (χ4v) is 2.56. The highest BCUT2D eigenvalue weighted by molar-refractivity contribution is 5.84. The summed E-state index contributed by atoms with van der Waals surface area (Å²) < 4.78 is 39.1. The lowest BCUT2D eigenvalue weighted by molar-refractivity contribution is -0.258. The van der Waals surface area contributed by atoms with E-state index >= 15 is 0 Å². The van der Waals surface area contributed by atoms with Crippen LogP contribution in [-0.2, 0) is 12.0 Å². The molecule has 0 saturated heterocycles. The van der Waals surface area contributed by atoms with Gasteiger partial charge in [0.05, 0.1) is 6.57 Å². The number of aliphatic hydroxyl groups is 1. The molecule has 3 nitrogen and oxygen atoms in total. The molecule has 0 aliphatic carbocycles. The van der Waals surface area contributed by atoms with Gasteiger partial charge in [-0.2, -0.15) is 13.2 Å². The summed E-state index contributed by atoms with van der Waals surface area (Å²) in [4.78, 5) is 14.2. The molecular weight excluding hydrogens is 331 g/mol. The van der Waals surface area contributed by atoms with Gasteiger partial charge in [-0.15, -0.1) is 0 Å². The molecule has 0 aliphatic rings. The van der Waals surface area contributed by atoms with E-state index in [1.807, 2.05) is 6.92 Å². The fourth-order valence-electron chi connectivity index (χ4n) is 2.56. The van der Waals surface area contributed by atoms with Crippen LogP contribution in [0, 0.1) is 6.57 Å². The predicted molar refractivity (Wildman–Crippen MR) is 88.5 cm³/mol. The minimum absolute atomic E-state index is 0.00979. The molecule has 1 N–H and O–H groups in total. The highest BCUT2D eigenvalue weighted by atomic mass is 19.4. The maximum absolute atomic E-state index is 13.0. The summed E-state index contributed by atoms with van der Waals surface area (Å²) in [5.74, 6) is 0. The zero-order valence-electron chi connectivity index (χ0n) is 13.7. The standard InChI is InChI=1S/C19H16F3NO2/c1-4-13-9-12(11-24)5-7-15(13)16-8-6-14(10-17(16)23-3)18(2,25)19(20,21)22/h5-11,25H,4H2,1-2H3. The Hall–Kier alpha value is -2.65. The molecule has 0 saturated carbocycles. The first kappa shape index (κ1) is 18.7. The van der Waals surface area contributed by atoms with Gasteiger partial charge in [0, 0.05) is 5.56 Å². The van der Waals surface area contributed by atoms with E-state index in [1.54, 1.807) is 18.2 Å². The lowest BCUT2D eigenvalue weighted by Gasteiger charge is -2.27. The molecule has 0 aliphatic heterocycles. The summed E-state index contributed by atoms with van der Waals surface area (Å²) in [6.07, 6.45) is -3.55. The van der Waals surface area contributed by atoms with Crippen molar-refractivity contribution in [2.24, 2.45) is 0 Å². The average molecular weight is 347 g/mol. The van der Waals surface area contributed by atoms with Crippen LogP contribution < -0.4 is 0 Å². The number of rotatable bonds is 4. The summed E-state index contributed by atoms with van der Waals surface area (Å²) in [6.45, 7) is 9.84. The number of carbonyl (C=O) groups excluding carboxylic acids is 1. The van der Waals surface area contributed by atoms with E-state index in [9.17, 15) is 23.1 Å². The van der Waals surface area contributed by atoms with Crippen LogP contribution in [0.5, 0.6) is 0 Å². The number of benzene rings is 2. The SMILES string of the molecule is [C-]#[N+]c1cc(C(C)(O)C(F)(F)F)ccc1-c1ccc(C=O)cc1CC. The number of aldehydes is 1. The Balaban J connectivity index is 2.63. The largest absolute Gasteiger partial charge is 0.421 e. The van der Waals surface area contributed by atoms with Crippen molar-refractivity contribution in [1.29, 1.82) is 0 Å². The summed E-state index contributed by atoms with van der Waals surface area (Å²) >= 11 is 0. The third-order valence-electron chi connectivity index (χ3n) is 4.17. The van der Waals surface area contributed by atoms with Crippen molar-refractivity contribution in [3.8, 4) is 11.1 Å². The van der Waals surface area contributed by atoms with Crippen LogP contribution in [0.3, 0.4) is 0 Å². The average Bonchev–Trinajstić information content (AvgIpc) is 2.59. The maximum atomic E-state index is 13.0. The zero-order chi connectivity index (χ0) is 18.8. The monoisotopic (exact) mass is 347 g/mol. The molecule has 2 aromatic carbocycles. The summed E-state index contributed by atoms with van der Waals surface area (Å²) in [5, 5.41) is 9.81. The van der Waals surface area contributed by atoms with Gasteiger partial charge in [0.15, 0.2) is 11.3 Å². The lowest BCUT2D eigenvalue weighted by atomic mass is 9.90. The lowest BCUT2D eigenvalue weighted by Crippen LogP contribution is -2.39. The molecule has 1 unspecified atom stereocenters. The van der Waals surface area contributed by atoms with Crippen molar-refractivity contribution in [2.75, 3.05) is 0 Å². The number of alkyl halides is 3. The molecular formula is C19H16F3NO2. The highest BCUT2D eigenvalue weighted by Gasteiger charge is 2.51. The van der Waals surface area contributed by atoms with Gasteiger partial charge in [-0.1, -0.05) is 31.2 Å². The molecule has 1 atom stereocenters. The summed E-state index contributed by atoms with van der Waals surface area (Å²) in [5.41, 5.74) is -0.984. The van der Waals surface area contributed by atoms with Crippen LogP contribution in [0.15, 0.2) is 36.4 Å². The number of halogens is 3. The van der Waals surface area contributed by atoms with Gasteiger partial charge in [0.25, 0.3) is 0 Å². The second-order valence-electron chi connectivity index (χ2n) is 5.80. The molecule has 0 heterocycles.